The van der Waals surface area contributed by atoms with Crippen molar-refractivity contribution in [2.75, 3.05) is 0 Å². The van der Waals surface area contributed by atoms with Gasteiger partial charge in [0, 0.05) is 18.5 Å². The number of pyridine rings is 1. The summed E-state index contributed by atoms with van der Waals surface area (Å²) >= 11 is 0. The zero-order valence-corrected chi connectivity index (χ0v) is 10.8. The molecule has 0 atom stereocenters. The maximum atomic E-state index is 10.3. The van der Waals surface area contributed by atoms with Crippen molar-refractivity contribution in [1.29, 1.82) is 0 Å². The van der Waals surface area contributed by atoms with E-state index in [4.69, 9.17) is 5.11 Å². The first kappa shape index (κ1) is 14.1. The van der Waals surface area contributed by atoms with E-state index >= 15 is 0 Å². The Morgan fingerprint density at radius 1 is 1.53 bits per heavy atom. The second kappa shape index (κ2) is 7.40. The van der Waals surface area contributed by atoms with Crippen LogP contribution in [0.2, 0.25) is 0 Å². The molecule has 1 aromatic rings. The number of carbonyl (C=O) groups is 1. The van der Waals surface area contributed by atoms with E-state index in [0.717, 1.165) is 11.6 Å². The van der Waals surface area contributed by atoms with Gasteiger partial charge in [0.05, 0.1) is 0 Å². The first-order valence-corrected chi connectivity index (χ1v) is 4.18. The van der Waals surface area contributed by atoms with Gasteiger partial charge >= 0.3 is 35.5 Å². The summed E-state index contributed by atoms with van der Waals surface area (Å²) in [5.74, 6) is -0.932. The van der Waals surface area contributed by atoms with Crippen molar-refractivity contribution >= 4 is 12.0 Å². The third-order valence-corrected chi connectivity index (χ3v) is 1.57. The van der Waals surface area contributed by atoms with E-state index < -0.39 is 5.97 Å². The predicted molar refractivity (Wildman–Crippen MR) is 54.7 cm³/mol. The first-order valence-electron chi connectivity index (χ1n) is 4.18. The number of carboxylic acids is 1. The van der Waals surface area contributed by atoms with Crippen molar-refractivity contribution in [2.45, 2.75) is 6.92 Å². The molecule has 0 fully saturated rings. The van der Waals surface area contributed by atoms with E-state index in [1.54, 1.807) is 25.4 Å². The SMILES string of the molecule is CC(/C=C/c1cccnc1)=C\C(=O)O.[Na+]. The molecule has 0 aliphatic heterocycles. The summed E-state index contributed by atoms with van der Waals surface area (Å²) in [5.41, 5.74) is 1.65. The molecule has 1 heterocycles. The molecule has 0 aromatic carbocycles. The number of hydrogen-bond acceptors (Lipinski definition) is 2. The van der Waals surface area contributed by atoms with Crippen LogP contribution in [0.5, 0.6) is 0 Å². The number of hydrogen-bond donors (Lipinski definition) is 1. The van der Waals surface area contributed by atoms with Crippen LogP contribution in [0.3, 0.4) is 0 Å². The van der Waals surface area contributed by atoms with Crippen molar-refractivity contribution in [3.05, 3.63) is 47.8 Å². The molecule has 15 heavy (non-hydrogen) atoms. The van der Waals surface area contributed by atoms with Crippen molar-refractivity contribution in [3.63, 3.8) is 0 Å². The van der Waals surface area contributed by atoms with Gasteiger partial charge < -0.3 is 5.11 Å². The largest absolute Gasteiger partial charge is 1.00 e. The van der Waals surface area contributed by atoms with Gasteiger partial charge in [0.1, 0.15) is 0 Å². The van der Waals surface area contributed by atoms with E-state index in [9.17, 15) is 4.79 Å². The molecule has 0 aliphatic carbocycles. The summed E-state index contributed by atoms with van der Waals surface area (Å²) in [7, 11) is 0. The minimum absolute atomic E-state index is 0. The quantitative estimate of drug-likeness (QED) is 0.402. The van der Waals surface area contributed by atoms with Gasteiger partial charge in [0.25, 0.3) is 0 Å². The van der Waals surface area contributed by atoms with Crippen LogP contribution in [0.1, 0.15) is 12.5 Å². The molecule has 1 rings (SSSR count). The molecule has 1 N–H and O–H groups in total. The van der Waals surface area contributed by atoms with E-state index in [-0.39, 0.29) is 29.6 Å². The minimum atomic E-state index is -0.932. The smallest absolute Gasteiger partial charge is 0.478 e. The fourth-order valence-electron chi connectivity index (χ4n) is 0.945. The van der Waals surface area contributed by atoms with Crippen molar-refractivity contribution in [1.82, 2.24) is 4.98 Å². The predicted octanol–water partition coefficient (Wildman–Crippen LogP) is -0.870. The molecule has 4 heteroatoms. The summed E-state index contributed by atoms with van der Waals surface area (Å²) in [6.45, 7) is 1.74. The Kier molecular flexibility index (Phi) is 6.96. The summed E-state index contributed by atoms with van der Waals surface area (Å²) in [4.78, 5) is 14.2. The number of aliphatic carboxylic acids is 1. The maximum absolute atomic E-state index is 10.3. The van der Waals surface area contributed by atoms with Gasteiger partial charge in [-0.2, -0.15) is 0 Å². The first-order chi connectivity index (χ1) is 6.68. The molecule has 72 valence electrons. The fourth-order valence-corrected chi connectivity index (χ4v) is 0.945. The average Bonchev–Trinajstić information content (AvgIpc) is 2.15. The van der Waals surface area contributed by atoms with Gasteiger partial charge in [-0.1, -0.05) is 18.2 Å². The van der Waals surface area contributed by atoms with Gasteiger partial charge in [-0.15, -0.1) is 0 Å². The third-order valence-electron chi connectivity index (χ3n) is 1.57. The van der Waals surface area contributed by atoms with Crippen molar-refractivity contribution < 1.29 is 39.5 Å². The van der Waals surface area contributed by atoms with Crippen molar-refractivity contribution in [3.8, 4) is 0 Å². The van der Waals surface area contributed by atoms with Crippen LogP contribution in [0.15, 0.2) is 42.3 Å². The number of nitrogens with zero attached hydrogens (tertiary/aromatic N) is 1. The number of aromatic nitrogens is 1. The topological polar surface area (TPSA) is 50.2 Å². The minimum Gasteiger partial charge on any atom is -0.478 e. The van der Waals surface area contributed by atoms with Crippen LogP contribution in [-0.4, -0.2) is 16.1 Å². The molecule has 0 saturated carbocycles. The molecular weight excluding hydrogens is 201 g/mol. The Hall–Kier alpha value is -0.900. The summed E-state index contributed by atoms with van der Waals surface area (Å²) in [6, 6.07) is 3.73. The molecule has 3 nitrogen and oxygen atoms in total. The Morgan fingerprint density at radius 3 is 2.80 bits per heavy atom. The standard InChI is InChI=1S/C11H11NO2.Na/c1-9(7-11(13)14)4-5-10-3-2-6-12-8-10;/h2-8H,1H3,(H,13,14);/q;+1/b5-4+,9-7+;. The Bertz CT molecular complexity index is 371. The van der Waals surface area contributed by atoms with Crippen LogP contribution in [0.4, 0.5) is 0 Å². The molecule has 0 radical (unpaired) electrons. The van der Waals surface area contributed by atoms with E-state index in [1.165, 1.54) is 0 Å². The van der Waals surface area contributed by atoms with Gasteiger partial charge in [-0.3, -0.25) is 4.98 Å². The molecule has 0 saturated heterocycles. The summed E-state index contributed by atoms with van der Waals surface area (Å²) in [5, 5.41) is 8.46. The zero-order chi connectivity index (χ0) is 10.4. The second-order valence-corrected chi connectivity index (χ2v) is 2.85. The van der Waals surface area contributed by atoms with Crippen LogP contribution >= 0.6 is 0 Å². The summed E-state index contributed by atoms with van der Waals surface area (Å²) in [6.07, 6.45) is 8.13. The van der Waals surface area contributed by atoms with Gasteiger partial charge in [-0.25, -0.2) is 4.79 Å². The van der Waals surface area contributed by atoms with Gasteiger partial charge in [-0.05, 0) is 24.1 Å². The number of rotatable bonds is 3. The van der Waals surface area contributed by atoms with Crippen LogP contribution in [0.25, 0.3) is 6.08 Å². The monoisotopic (exact) mass is 212 g/mol. The molecular formula is C11H11NNaO2+. The fraction of sp³-hybridized carbons (Fsp3) is 0.0909. The van der Waals surface area contributed by atoms with Crippen molar-refractivity contribution in [2.24, 2.45) is 0 Å². The molecule has 0 aliphatic rings. The maximum Gasteiger partial charge on any atom is 1.00 e. The van der Waals surface area contributed by atoms with Crippen LogP contribution in [-0.2, 0) is 4.79 Å². The Labute approximate surface area is 111 Å². The summed E-state index contributed by atoms with van der Waals surface area (Å²) < 4.78 is 0. The number of allylic oxidation sites excluding steroid dienone is 2. The molecule has 1 aromatic heterocycles. The average molecular weight is 212 g/mol. The molecule has 0 spiro atoms. The van der Waals surface area contributed by atoms with Crippen LogP contribution < -0.4 is 29.6 Å². The molecule has 0 amide bonds. The van der Waals surface area contributed by atoms with Gasteiger partial charge in [0.15, 0.2) is 0 Å². The van der Waals surface area contributed by atoms with E-state index in [2.05, 4.69) is 4.98 Å². The van der Waals surface area contributed by atoms with Gasteiger partial charge in [0.2, 0.25) is 0 Å². The Morgan fingerprint density at radius 2 is 2.27 bits per heavy atom. The normalized spacial score (nSPS) is 11.1. The van der Waals surface area contributed by atoms with Crippen LogP contribution in [0, 0.1) is 0 Å². The van der Waals surface area contributed by atoms with E-state index in [1.807, 2.05) is 18.2 Å². The van der Waals surface area contributed by atoms with E-state index in [0.29, 0.717) is 5.57 Å². The third kappa shape index (κ3) is 6.23. The number of carboxylic acid groups (broad SMARTS) is 1. The zero-order valence-electron chi connectivity index (χ0n) is 8.84. The second-order valence-electron chi connectivity index (χ2n) is 2.85. The molecule has 0 bridgehead atoms. The molecule has 0 unspecified atom stereocenters. The Balaban J connectivity index is 0.00000196.